The highest BCUT2D eigenvalue weighted by Gasteiger charge is 2.09. The zero-order valence-corrected chi connectivity index (χ0v) is 8.63. The van der Waals surface area contributed by atoms with Crippen LogP contribution in [0.4, 0.5) is 0 Å². The molecule has 0 radical (unpaired) electrons. The number of rotatable bonds is 3. The molecule has 0 saturated carbocycles. The van der Waals surface area contributed by atoms with Gasteiger partial charge < -0.3 is 4.74 Å². The maximum atomic E-state index is 5.31. The van der Waals surface area contributed by atoms with E-state index in [0.29, 0.717) is 0 Å². The highest BCUT2D eigenvalue weighted by Crippen LogP contribution is 2.17. The van der Waals surface area contributed by atoms with Crippen molar-refractivity contribution in [3.8, 4) is 0 Å². The molecule has 0 aromatic rings. The zero-order chi connectivity index (χ0) is 9.68. The van der Waals surface area contributed by atoms with Gasteiger partial charge in [0.25, 0.3) is 0 Å². The first kappa shape index (κ1) is 10.0. The van der Waals surface area contributed by atoms with Crippen LogP contribution in [0, 0.1) is 0 Å². The Morgan fingerprint density at radius 1 is 1.54 bits per heavy atom. The fourth-order valence-electron chi connectivity index (χ4n) is 1.44. The SMILES string of the molecule is CCCC1=NC=CCC(OC)=C1C. The van der Waals surface area contributed by atoms with Gasteiger partial charge in [0.1, 0.15) is 5.76 Å². The van der Waals surface area contributed by atoms with Crippen molar-refractivity contribution in [3.63, 3.8) is 0 Å². The Hall–Kier alpha value is -1.05. The summed E-state index contributed by atoms with van der Waals surface area (Å²) >= 11 is 0. The Kier molecular flexibility index (Phi) is 3.74. The van der Waals surface area contributed by atoms with Crippen molar-refractivity contribution in [2.24, 2.45) is 4.99 Å². The van der Waals surface area contributed by atoms with Crippen LogP contribution in [0.2, 0.25) is 0 Å². The molecule has 2 heteroatoms. The minimum atomic E-state index is 0.860. The molecule has 0 saturated heterocycles. The van der Waals surface area contributed by atoms with Gasteiger partial charge in [-0.1, -0.05) is 19.4 Å². The van der Waals surface area contributed by atoms with E-state index in [1.807, 2.05) is 12.3 Å². The molecule has 0 amide bonds. The molecule has 2 nitrogen and oxygen atoms in total. The predicted molar refractivity (Wildman–Crippen MR) is 55.8 cm³/mol. The second-order valence-corrected chi connectivity index (χ2v) is 3.17. The molecule has 72 valence electrons. The van der Waals surface area contributed by atoms with Gasteiger partial charge in [-0.25, -0.2) is 0 Å². The standard InChI is InChI=1S/C11H17NO/c1-4-6-10-9(2)11(13-3)7-5-8-12-10/h5,8H,4,6-7H2,1-3H3. The van der Waals surface area contributed by atoms with Gasteiger partial charge in [-0.3, -0.25) is 4.99 Å². The molecule has 1 rings (SSSR count). The van der Waals surface area contributed by atoms with Gasteiger partial charge in [-0.2, -0.15) is 0 Å². The fraction of sp³-hybridized carbons (Fsp3) is 0.545. The monoisotopic (exact) mass is 179 g/mol. The van der Waals surface area contributed by atoms with Gasteiger partial charge in [-0.15, -0.1) is 0 Å². The van der Waals surface area contributed by atoms with Crippen LogP contribution in [0.15, 0.2) is 28.6 Å². The zero-order valence-electron chi connectivity index (χ0n) is 8.63. The smallest absolute Gasteiger partial charge is 0.104 e. The average molecular weight is 179 g/mol. The van der Waals surface area contributed by atoms with Gasteiger partial charge in [0.05, 0.1) is 7.11 Å². The van der Waals surface area contributed by atoms with E-state index in [1.165, 1.54) is 5.57 Å². The summed E-state index contributed by atoms with van der Waals surface area (Å²) in [6, 6.07) is 0. The maximum Gasteiger partial charge on any atom is 0.104 e. The minimum absolute atomic E-state index is 0.860. The lowest BCUT2D eigenvalue weighted by Gasteiger charge is -2.09. The van der Waals surface area contributed by atoms with Crippen LogP contribution in [-0.2, 0) is 4.74 Å². The van der Waals surface area contributed by atoms with Crippen molar-refractivity contribution in [1.29, 1.82) is 0 Å². The molecule has 1 aliphatic heterocycles. The van der Waals surface area contributed by atoms with Crippen LogP contribution in [0.25, 0.3) is 0 Å². The Labute approximate surface area is 80.0 Å². The topological polar surface area (TPSA) is 21.6 Å². The summed E-state index contributed by atoms with van der Waals surface area (Å²) in [6.45, 7) is 4.25. The molecule has 0 fully saturated rings. The highest BCUT2D eigenvalue weighted by molar-refractivity contribution is 6.00. The van der Waals surface area contributed by atoms with E-state index in [9.17, 15) is 0 Å². The maximum absolute atomic E-state index is 5.31. The summed E-state index contributed by atoms with van der Waals surface area (Å²) in [6.07, 6.45) is 6.93. The van der Waals surface area contributed by atoms with Crippen LogP contribution >= 0.6 is 0 Å². The van der Waals surface area contributed by atoms with Gasteiger partial charge >= 0.3 is 0 Å². The molecule has 1 heterocycles. The number of hydrogen-bond acceptors (Lipinski definition) is 2. The predicted octanol–water partition coefficient (Wildman–Crippen LogP) is 3.07. The van der Waals surface area contributed by atoms with E-state index in [-0.39, 0.29) is 0 Å². The molecule has 0 aromatic heterocycles. The van der Waals surface area contributed by atoms with Gasteiger partial charge in [-0.05, 0) is 13.3 Å². The number of aliphatic imine (C=N–C) groups is 1. The molecule has 0 unspecified atom stereocenters. The van der Waals surface area contributed by atoms with Crippen LogP contribution in [0.5, 0.6) is 0 Å². The summed E-state index contributed by atoms with van der Waals surface area (Å²) in [5.41, 5.74) is 2.36. The summed E-state index contributed by atoms with van der Waals surface area (Å²) in [7, 11) is 1.72. The molecule has 0 aliphatic carbocycles. The summed E-state index contributed by atoms with van der Waals surface area (Å²) in [5.74, 6) is 1.04. The molecule has 0 aromatic carbocycles. The summed E-state index contributed by atoms with van der Waals surface area (Å²) < 4.78 is 5.31. The first-order valence-electron chi connectivity index (χ1n) is 4.75. The second-order valence-electron chi connectivity index (χ2n) is 3.17. The molecule has 1 aliphatic rings. The Morgan fingerprint density at radius 3 is 2.92 bits per heavy atom. The van der Waals surface area contributed by atoms with Crippen molar-refractivity contribution >= 4 is 5.71 Å². The number of ether oxygens (including phenoxy) is 1. The molecule has 0 spiro atoms. The third kappa shape index (κ3) is 2.44. The molecule has 0 bridgehead atoms. The quantitative estimate of drug-likeness (QED) is 0.652. The number of allylic oxidation sites excluding steroid dienone is 2. The van der Waals surface area contributed by atoms with E-state index in [4.69, 9.17) is 4.74 Å². The van der Waals surface area contributed by atoms with Gasteiger partial charge in [0, 0.05) is 23.9 Å². The van der Waals surface area contributed by atoms with Crippen molar-refractivity contribution in [3.05, 3.63) is 23.6 Å². The molecular weight excluding hydrogens is 162 g/mol. The minimum Gasteiger partial charge on any atom is -0.500 e. The highest BCUT2D eigenvalue weighted by atomic mass is 16.5. The van der Waals surface area contributed by atoms with Crippen molar-refractivity contribution in [1.82, 2.24) is 0 Å². The lowest BCUT2D eigenvalue weighted by Crippen LogP contribution is -2.02. The van der Waals surface area contributed by atoms with E-state index < -0.39 is 0 Å². The summed E-state index contributed by atoms with van der Waals surface area (Å²) in [4.78, 5) is 4.39. The van der Waals surface area contributed by atoms with Crippen molar-refractivity contribution in [2.45, 2.75) is 33.1 Å². The Bertz CT molecular complexity index is 261. The molecule has 13 heavy (non-hydrogen) atoms. The lowest BCUT2D eigenvalue weighted by atomic mass is 10.1. The first-order chi connectivity index (χ1) is 6.29. The van der Waals surface area contributed by atoms with Crippen LogP contribution in [0.1, 0.15) is 33.1 Å². The largest absolute Gasteiger partial charge is 0.500 e. The Morgan fingerprint density at radius 2 is 2.31 bits per heavy atom. The van der Waals surface area contributed by atoms with E-state index in [0.717, 1.165) is 30.7 Å². The van der Waals surface area contributed by atoms with Gasteiger partial charge in [0.2, 0.25) is 0 Å². The lowest BCUT2D eigenvalue weighted by molar-refractivity contribution is 0.282. The summed E-state index contributed by atoms with van der Waals surface area (Å²) in [5, 5.41) is 0. The van der Waals surface area contributed by atoms with E-state index in [1.54, 1.807) is 7.11 Å². The second kappa shape index (κ2) is 4.85. The van der Waals surface area contributed by atoms with Crippen molar-refractivity contribution < 1.29 is 4.74 Å². The Balaban J connectivity index is 2.90. The third-order valence-corrected chi connectivity index (χ3v) is 2.22. The third-order valence-electron chi connectivity index (χ3n) is 2.22. The first-order valence-corrected chi connectivity index (χ1v) is 4.75. The molecule has 0 N–H and O–H groups in total. The fourth-order valence-corrected chi connectivity index (χ4v) is 1.44. The van der Waals surface area contributed by atoms with E-state index in [2.05, 4.69) is 18.8 Å². The van der Waals surface area contributed by atoms with Crippen molar-refractivity contribution in [2.75, 3.05) is 7.11 Å². The van der Waals surface area contributed by atoms with Crippen LogP contribution < -0.4 is 0 Å². The molecular formula is C11H17NO. The molecule has 0 atom stereocenters. The number of hydrogen-bond donors (Lipinski definition) is 0. The van der Waals surface area contributed by atoms with Crippen LogP contribution in [-0.4, -0.2) is 12.8 Å². The number of nitrogens with zero attached hydrogens (tertiary/aromatic N) is 1. The van der Waals surface area contributed by atoms with Gasteiger partial charge in [0.15, 0.2) is 0 Å². The number of methoxy groups -OCH3 is 1. The normalized spacial score (nSPS) is 17.0. The van der Waals surface area contributed by atoms with E-state index >= 15 is 0 Å². The van der Waals surface area contributed by atoms with Crippen LogP contribution in [0.3, 0.4) is 0 Å². The average Bonchev–Trinajstić information content (AvgIpc) is 2.30.